The fraction of sp³-hybridized carbons (Fsp3) is 0.294. The molecule has 0 radical (unpaired) electrons. The first-order chi connectivity index (χ1) is 10.1. The Labute approximate surface area is 125 Å². The quantitative estimate of drug-likeness (QED) is 0.829. The van der Waals surface area contributed by atoms with Crippen LogP contribution in [-0.2, 0) is 17.8 Å². The van der Waals surface area contributed by atoms with Gasteiger partial charge < -0.3 is 11.1 Å². The first-order valence-corrected chi connectivity index (χ1v) is 7.17. The molecule has 0 aliphatic rings. The Morgan fingerprint density at radius 1 is 1.33 bits per heavy atom. The second-order valence-corrected chi connectivity index (χ2v) is 5.07. The topological polar surface area (TPSA) is 68.0 Å². The van der Waals surface area contributed by atoms with E-state index in [0.29, 0.717) is 12.2 Å². The molecule has 1 aromatic heterocycles. The highest BCUT2D eigenvalue weighted by Gasteiger charge is 2.15. The van der Waals surface area contributed by atoms with Crippen LogP contribution in [0, 0.1) is 0 Å². The highest BCUT2D eigenvalue weighted by molar-refractivity contribution is 5.83. The summed E-state index contributed by atoms with van der Waals surface area (Å²) in [6.45, 7) is 4.41. The summed E-state index contributed by atoms with van der Waals surface area (Å²) in [6.07, 6.45) is 2.66. The van der Waals surface area contributed by atoms with Gasteiger partial charge in [-0.3, -0.25) is 9.78 Å². The first-order valence-electron chi connectivity index (χ1n) is 7.17. The third kappa shape index (κ3) is 3.81. The molecule has 0 saturated heterocycles. The maximum Gasteiger partial charge on any atom is 0.227 e. The number of anilines is 1. The number of nitrogens with one attached hydrogen (secondary N) is 1. The minimum Gasteiger partial charge on any atom is -0.399 e. The average Bonchev–Trinajstić information content (AvgIpc) is 2.52. The number of nitrogen functional groups attached to an aromatic ring is 1. The Balaban J connectivity index is 2.01. The average molecular weight is 283 g/mol. The van der Waals surface area contributed by atoms with Crippen molar-refractivity contribution in [2.75, 3.05) is 5.73 Å². The molecule has 0 fully saturated rings. The summed E-state index contributed by atoms with van der Waals surface area (Å²) in [7, 11) is 0. The third-order valence-electron chi connectivity index (χ3n) is 3.60. The minimum absolute atomic E-state index is 0.0201. The molecule has 21 heavy (non-hydrogen) atoms. The molecule has 2 rings (SSSR count). The van der Waals surface area contributed by atoms with E-state index >= 15 is 0 Å². The molecule has 0 saturated carbocycles. The van der Waals surface area contributed by atoms with Gasteiger partial charge in [-0.15, -0.1) is 0 Å². The van der Waals surface area contributed by atoms with E-state index in [-0.39, 0.29) is 11.8 Å². The van der Waals surface area contributed by atoms with Gasteiger partial charge in [-0.2, -0.15) is 0 Å². The molecule has 2 aromatic rings. The molecule has 1 atom stereocenters. The Morgan fingerprint density at radius 3 is 2.86 bits per heavy atom. The molecule has 4 nitrogen and oxygen atoms in total. The Hall–Kier alpha value is -2.36. The molecule has 0 bridgehead atoms. The highest BCUT2D eigenvalue weighted by Crippen LogP contribution is 2.18. The summed E-state index contributed by atoms with van der Waals surface area (Å²) in [4.78, 5) is 16.6. The molecule has 1 heterocycles. The molecule has 0 aliphatic heterocycles. The summed E-state index contributed by atoms with van der Waals surface area (Å²) in [6, 6.07) is 11.4. The van der Waals surface area contributed by atoms with Crippen molar-refractivity contribution in [1.82, 2.24) is 10.3 Å². The predicted octanol–water partition coefficient (Wildman–Crippen LogP) is 2.65. The van der Waals surface area contributed by atoms with Crippen LogP contribution < -0.4 is 11.1 Å². The van der Waals surface area contributed by atoms with Gasteiger partial charge in [0.15, 0.2) is 0 Å². The second kappa shape index (κ2) is 6.88. The zero-order valence-electron chi connectivity index (χ0n) is 12.5. The Kier molecular flexibility index (Phi) is 4.93. The predicted molar refractivity (Wildman–Crippen MR) is 84.7 cm³/mol. The van der Waals surface area contributed by atoms with Crippen LogP contribution in [0.2, 0.25) is 0 Å². The summed E-state index contributed by atoms with van der Waals surface area (Å²) < 4.78 is 0. The lowest BCUT2D eigenvalue weighted by Crippen LogP contribution is -2.28. The van der Waals surface area contributed by atoms with Gasteiger partial charge in [0, 0.05) is 11.9 Å². The van der Waals surface area contributed by atoms with E-state index in [9.17, 15) is 4.79 Å². The zero-order chi connectivity index (χ0) is 15.2. The fourth-order valence-corrected chi connectivity index (χ4v) is 2.26. The van der Waals surface area contributed by atoms with Crippen LogP contribution in [-0.4, -0.2) is 10.9 Å². The largest absolute Gasteiger partial charge is 0.399 e. The van der Waals surface area contributed by atoms with Gasteiger partial charge in [-0.05, 0) is 42.7 Å². The normalized spacial score (nSPS) is 11.9. The molecular formula is C17H21N3O. The van der Waals surface area contributed by atoms with E-state index < -0.39 is 0 Å². The Bertz CT molecular complexity index is 625. The number of aromatic nitrogens is 1. The Morgan fingerprint density at radius 2 is 2.14 bits per heavy atom. The SMILES string of the molecule is CCc1cccnc1CNC(=O)C(C)c1cccc(N)c1. The van der Waals surface area contributed by atoms with Gasteiger partial charge in [0.05, 0.1) is 18.2 Å². The lowest BCUT2D eigenvalue weighted by Gasteiger charge is -2.14. The van der Waals surface area contributed by atoms with Gasteiger partial charge in [0.25, 0.3) is 0 Å². The lowest BCUT2D eigenvalue weighted by molar-refractivity contribution is -0.122. The van der Waals surface area contributed by atoms with Gasteiger partial charge in [0.1, 0.15) is 0 Å². The monoisotopic (exact) mass is 283 g/mol. The van der Waals surface area contributed by atoms with Crippen LogP contribution in [0.4, 0.5) is 5.69 Å². The van der Waals surface area contributed by atoms with Crippen LogP contribution in [0.15, 0.2) is 42.6 Å². The van der Waals surface area contributed by atoms with Crippen molar-refractivity contribution in [3.63, 3.8) is 0 Å². The number of carbonyl (C=O) groups excluding carboxylic acids is 1. The number of carbonyl (C=O) groups is 1. The summed E-state index contributed by atoms with van der Waals surface area (Å²) in [5, 5.41) is 2.95. The molecule has 1 amide bonds. The summed E-state index contributed by atoms with van der Waals surface area (Å²) in [5.41, 5.74) is 9.44. The second-order valence-electron chi connectivity index (χ2n) is 5.07. The van der Waals surface area contributed by atoms with Crippen molar-refractivity contribution in [3.05, 3.63) is 59.4 Å². The van der Waals surface area contributed by atoms with Crippen molar-refractivity contribution in [2.24, 2.45) is 0 Å². The number of amides is 1. The van der Waals surface area contributed by atoms with Crippen LogP contribution >= 0.6 is 0 Å². The number of nitrogens with two attached hydrogens (primary N) is 1. The standard InChI is InChI=1S/C17H21N3O/c1-3-13-7-5-9-19-16(13)11-20-17(21)12(2)14-6-4-8-15(18)10-14/h4-10,12H,3,11,18H2,1-2H3,(H,20,21). The van der Waals surface area contributed by atoms with E-state index in [0.717, 1.165) is 23.2 Å². The molecule has 1 aromatic carbocycles. The van der Waals surface area contributed by atoms with E-state index in [1.807, 2.05) is 43.3 Å². The van der Waals surface area contributed by atoms with Crippen LogP contribution in [0.25, 0.3) is 0 Å². The number of benzene rings is 1. The highest BCUT2D eigenvalue weighted by atomic mass is 16.1. The number of pyridine rings is 1. The van der Waals surface area contributed by atoms with Crippen LogP contribution in [0.3, 0.4) is 0 Å². The van der Waals surface area contributed by atoms with Crippen molar-refractivity contribution in [3.8, 4) is 0 Å². The molecule has 0 aliphatic carbocycles. The number of hydrogen-bond acceptors (Lipinski definition) is 3. The van der Waals surface area contributed by atoms with Crippen LogP contribution in [0.1, 0.15) is 36.6 Å². The molecule has 1 unspecified atom stereocenters. The molecule has 3 N–H and O–H groups in total. The zero-order valence-corrected chi connectivity index (χ0v) is 12.5. The number of rotatable bonds is 5. The van der Waals surface area contributed by atoms with Crippen LogP contribution in [0.5, 0.6) is 0 Å². The number of nitrogens with zero attached hydrogens (tertiary/aromatic N) is 1. The number of hydrogen-bond donors (Lipinski definition) is 2. The van der Waals surface area contributed by atoms with E-state index in [4.69, 9.17) is 5.73 Å². The van der Waals surface area contributed by atoms with Gasteiger partial charge in [-0.25, -0.2) is 0 Å². The lowest BCUT2D eigenvalue weighted by atomic mass is 10.00. The maximum absolute atomic E-state index is 12.2. The van der Waals surface area contributed by atoms with Crippen molar-refractivity contribution >= 4 is 11.6 Å². The van der Waals surface area contributed by atoms with Crippen molar-refractivity contribution < 1.29 is 4.79 Å². The van der Waals surface area contributed by atoms with Gasteiger partial charge >= 0.3 is 0 Å². The van der Waals surface area contributed by atoms with E-state index in [1.54, 1.807) is 6.20 Å². The summed E-state index contributed by atoms with van der Waals surface area (Å²) in [5.74, 6) is -0.254. The fourth-order valence-electron chi connectivity index (χ4n) is 2.26. The number of aryl methyl sites for hydroxylation is 1. The maximum atomic E-state index is 12.2. The van der Waals surface area contributed by atoms with Gasteiger partial charge in [0.2, 0.25) is 5.91 Å². The van der Waals surface area contributed by atoms with E-state index in [2.05, 4.69) is 17.2 Å². The van der Waals surface area contributed by atoms with Crippen molar-refractivity contribution in [2.45, 2.75) is 32.7 Å². The van der Waals surface area contributed by atoms with Gasteiger partial charge in [-0.1, -0.05) is 25.1 Å². The van der Waals surface area contributed by atoms with Crippen molar-refractivity contribution in [1.29, 1.82) is 0 Å². The minimum atomic E-state index is -0.234. The molecule has 4 heteroatoms. The summed E-state index contributed by atoms with van der Waals surface area (Å²) >= 11 is 0. The smallest absolute Gasteiger partial charge is 0.227 e. The van der Waals surface area contributed by atoms with E-state index in [1.165, 1.54) is 0 Å². The third-order valence-corrected chi connectivity index (χ3v) is 3.60. The first kappa shape index (κ1) is 15.0. The molecule has 0 spiro atoms. The molecule has 110 valence electrons. The molecular weight excluding hydrogens is 262 g/mol.